The van der Waals surface area contributed by atoms with Crippen molar-refractivity contribution in [2.75, 3.05) is 20.2 Å². The second-order valence-electron chi connectivity index (χ2n) is 8.82. The molecule has 1 aliphatic rings. The highest BCUT2D eigenvalue weighted by atomic mass is 19.4. The van der Waals surface area contributed by atoms with Crippen molar-refractivity contribution in [2.45, 2.75) is 31.5 Å². The first-order valence-electron chi connectivity index (χ1n) is 11.8. The molecular formula is C27H24F3N5O3. The van der Waals surface area contributed by atoms with E-state index in [4.69, 9.17) is 4.74 Å². The molecule has 1 N–H and O–H groups in total. The molecule has 1 aromatic carbocycles. The number of pyridine rings is 2. The molecule has 0 saturated carbocycles. The van der Waals surface area contributed by atoms with Crippen molar-refractivity contribution in [3.63, 3.8) is 0 Å². The van der Waals surface area contributed by atoms with Crippen LogP contribution in [0.4, 0.5) is 13.2 Å². The van der Waals surface area contributed by atoms with Gasteiger partial charge in [-0.2, -0.15) is 18.4 Å². The quantitative estimate of drug-likeness (QED) is 0.539. The second kappa shape index (κ2) is 10.9. The van der Waals surface area contributed by atoms with E-state index in [1.54, 1.807) is 11.8 Å². The first-order valence-corrected chi connectivity index (χ1v) is 11.8. The predicted molar refractivity (Wildman–Crippen MR) is 130 cm³/mol. The van der Waals surface area contributed by atoms with E-state index in [1.807, 2.05) is 36.4 Å². The number of carbonyl (C=O) groups excluding carboxylic acids is 2. The number of amides is 2. The Bertz CT molecular complexity index is 1390. The number of nitrogens with zero attached hydrogens (tertiary/aromatic N) is 4. The number of nitriles is 1. The number of rotatable bonds is 5. The van der Waals surface area contributed by atoms with Crippen LogP contribution in [-0.2, 0) is 6.18 Å². The number of hydrogen-bond donors (Lipinski definition) is 1. The van der Waals surface area contributed by atoms with Crippen molar-refractivity contribution in [1.29, 1.82) is 5.26 Å². The maximum Gasteiger partial charge on any atom is 0.418 e. The zero-order valence-corrected chi connectivity index (χ0v) is 20.6. The number of alkyl halides is 3. The van der Waals surface area contributed by atoms with Crippen LogP contribution in [0.25, 0.3) is 0 Å². The second-order valence-corrected chi connectivity index (χ2v) is 8.82. The molecule has 3 aromatic rings. The van der Waals surface area contributed by atoms with Crippen molar-refractivity contribution in [2.24, 2.45) is 0 Å². The molecule has 2 atom stereocenters. The molecule has 196 valence electrons. The van der Waals surface area contributed by atoms with Gasteiger partial charge >= 0.3 is 6.18 Å². The largest absolute Gasteiger partial charge is 0.480 e. The molecule has 1 fully saturated rings. The van der Waals surface area contributed by atoms with Crippen LogP contribution in [0.2, 0.25) is 0 Å². The van der Waals surface area contributed by atoms with Crippen LogP contribution in [0.3, 0.4) is 0 Å². The summed E-state index contributed by atoms with van der Waals surface area (Å²) in [5, 5.41) is 12.1. The van der Waals surface area contributed by atoms with Gasteiger partial charge in [0, 0.05) is 31.2 Å². The van der Waals surface area contributed by atoms with Gasteiger partial charge in [-0.3, -0.25) is 14.6 Å². The van der Waals surface area contributed by atoms with Crippen LogP contribution in [0.1, 0.15) is 55.6 Å². The fourth-order valence-electron chi connectivity index (χ4n) is 4.60. The molecule has 1 aliphatic heterocycles. The molecule has 0 bridgehead atoms. The lowest BCUT2D eigenvalue weighted by molar-refractivity contribution is -0.138. The Morgan fingerprint density at radius 3 is 2.58 bits per heavy atom. The minimum Gasteiger partial charge on any atom is -0.480 e. The maximum atomic E-state index is 13.5. The number of halogens is 3. The summed E-state index contributed by atoms with van der Waals surface area (Å²) in [7, 11) is 1.39. The lowest BCUT2D eigenvalue weighted by Crippen LogP contribution is -2.51. The third-order valence-electron chi connectivity index (χ3n) is 6.49. The lowest BCUT2D eigenvalue weighted by Gasteiger charge is -2.39. The topological polar surface area (TPSA) is 108 Å². The molecule has 2 amide bonds. The summed E-state index contributed by atoms with van der Waals surface area (Å²) < 4.78 is 45.5. The molecular weight excluding hydrogens is 499 g/mol. The van der Waals surface area contributed by atoms with Crippen molar-refractivity contribution in [3.8, 4) is 11.9 Å². The van der Waals surface area contributed by atoms with Crippen LogP contribution in [0.15, 0.2) is 54.7 Å². The van der Waals surface area contributed by atoms with Gasteiger partial charge in [0.25, 0.3) is 11.8 Å². The Labute approximate surface area is 217 Å². The minimum atomic E-state index is -4.73. The summed E-state index contributed by atoms with van der Waals surface area (Å²) >= 11 is 0. The van der Waals surface area contributed by atoms with Gasteiger partial charge in [0.15, 0.2) is 0 Å². The Morgan fingerprint density at radius 2 is 1.92 bits per heavy atom. The van der Waals surface area contributed by atoms with E-state index in [1.165, 1.54) is 13.2 Å². The van der Waals surface area contributed by atoms with Crippen molar-refractivity contribution in [3.05, 3.63) is 88.4 Å². The summed E-state index contributed by atoms with van der Waals surface area (Å²) in [6, 6.07) is 13.9. The van der Waals surface area contributed by atoms with Crippen molar-refractivity contribution in [1.82, 2.24) is 20.2 Å². The van der Waals surface area contributed by atoms with E-state index in [9.17, 15) is 28.0 Å². The van der Waals surface area contributed by atoms with Crippen LogP contribution in [0.5, 0.6) is 5.88 Å². The molecule has 0 spiro atoms. The highest BCUT2D eigenvalue weighted by molar-refractivity contribution is 5.96. The molecule has 8 nitrogen and oxygen atoms in total. The first-order chi connectivity index (χ1) is 18.1. The van der Waals surface area contributed by atoms with Gasteiger partial charge in [-0.15, -0.1) is 0 Å². The summed E-state index contributed by atoms with van der Waals surface area (Å²) in [6.07, 6.45) is -3.30. The molecule has 11 heteroatoms. The number of carbonyl (C=O) groups is 2. The number of ether oxygens (including phenoxy) is 1. The lowest BCUT2D eigenvalue weighted by atomic mass is 9.85. The van der Waals surface area contributed by atoms with Gasteiger partial charge < -0.3 is 15.0 Å². The number of benzene rings is 1. The number of likely N-dealkylation sites (tertiary alicyclic amines) is 1. The number of aromatic nitrogens is 2. The summed E-state index contributed by atoms with van der Waals surface area (Å²) in [5.41, 5.74) is -0.229. The van der Waals surface area contributed by atoms with Crippen LogP contribution < -0.4 is 10.1 Å². The summed E-state index contributed by atoms with van der Waals surface area (Å²) in [5.74, 6) is -1.56. The third kappa shape index (κ3) is 5.44. The zero-order chi connectivity index (χ0) is 27.4. The van der Waals surface area contributed by atoms with Gasteiger partial charge in [0.2, 0.25) is 5.88 Å². The van der Waals surface area contributed by atoms with Gasteiger partial charge in [-0.05, 0) is 37.1 Å². The van der Waals surface area contributed by atoms with Crippen LogP contribution >= 0.6 is 0 Å². The molecule has 2 aromatic heterocycles. The van der Waals surface area contributed by atoms with Gasteiger partial charge in [0.1, 0.15) is 17.3 Å². The van der Waals surface area contributed by atoms with Gasteiger partial charge in [-0.1, -0.05) is 30.3 Å². The number of aryl methyl sites for hydroxylation is 1. The molecule has 0 radical (unpaired) electrons. The van der Waals surface area contributed by atoms with Gasteiger partial charge in [0.05, 0.1) is 23.9 Å². The summed E-state index contributed by atoms with van der Waals surface area (Å²) in [4.78, 5) is 36.0. The highest BCUT2D eigenvalue weighted by Crippen LogP contribution is 2.33. The standard InChI is InChI=1S/C27H24F3N5O3/c1-16-19(13-18(14-31)25(33-16)38-2)26(37)35-12-10-22(20(15-35)17-7-4-3-5-8-17)34-24(36)23-21(27(28,29)30)9-6-11-32-23/h3-9,11,13,20,22H,10,12,15H2,1-2H3,(H,34,36)/t20-,22-/m1/s1. The van der Waals surface area contributed by atoms with E-state index in [2.05, 4.69) is 15.3 Å². The Kier molecular flexibility index (Phi) is 7.62. The smallest absolute Gasteiger partial charge is 0.418 e. The Morgan fingerprint density at radius 1 is 1.18 bits per heavy atom. The molecule has 4 rings (SSSR count). The normalized spacial score (nSPS) is 17.4. The van der Waals surface area contributed by atoms with Crippen LogP contribution in [-0.4, -0.2) is 52.9 Å². The minimum absolute atomic E-state index is 0.123. The van der Waals surface area contributed by atoms with E-state index >= 15 is 0 Å². The molecule has 0 unspecified atom stereocenters. The average Bonchev–Trinajstić information content (AvgIpc) is 2.92. The van der Waals surface area contributed by atoms with Crippen LogP contribution in [0, 0.1) is 18.3 Å². The summed E-state index contributed by atoms with van der Waals surface area (Å²) in [6.45, 7) is 2.06. The monoisotopic (exact) mass is 523 g/mol. The highest BCUT2D eigenvalue weighted by Gasteiger charge is 2.38. The fourth-order valence-corrected chi connectivity index (χ4v) is 4.60. The average molecular weight is 524 g/mol. The number of nitrogens with one attached hydrogen (secondary N) is 1. The molecule has 0 aliphatic carbocycles. The third-order valence-corrected chi connectivity index (χ3v) is 6.49. The molecule has 3 heterocycles. The Balaban J connectivity index is 1.61. The first kappa shape index (κ1) is 26.6. The van der Waals surface area contributed by atoms with Crippen molar-refractivity contribution < 1.29 is 27.5 Å². The van der Waals surface area contributed by atoms with E-state index in [0.717, 1.165) is 23.9 Å². The van der Waals surface area contributed by atoms with E-state index in [0.29, 0.717) is 12.1 Å². The van der Waals surface area contributed by atoms with Gasteiger partial charge in [-0.25, -0.2) is 4.98 Å². The number of hydrogen-bond acceptors (Lipinski definition) is 6. The molecule has 1 saturated heterocycles. The maximum absolute atomic E-state index is 13.5. The number of piperidine rings is 1. The fraction of sp³-hybridized carbons (Fsp3) is 0.296. The molecule has 38 heavy (non-hydrogen) atoms. The van der Waals surface area contributed by atoms with E-state index < -0.39 is 35.3 Å². The number of methoxy groups -OCH3 is 1. The Hall–Kier alpha value is -4.46. The van der Waals surface area contributed by atoms with E-state index in [-0.39, 0.29) is 36.0 Å². The van der Waals surface area contributed by atoms with Crippen molar-refractivity contribution >= 4 is 11.8 Å². The SMILES string of the molecule is COc1nc(C)c(C(=O)N2CC[C@@H](NC(=O)c3ncccc3C(F)(F)F)[C@@H](c3ccccc3)C2)cc1C#N. The zero-order valence-electron chi connectivity index (χ0n) is 20.6. The predicted octanol–water partition coefficient (Wildman–Crippen LogP) is 4.11.